The van der Waals surface area contributed by atoms with E-state index in [0.717, 1.165) is 4.22 Å². The van der Waals surface area contributed by atoms with Gasteiger partial charge >= 0.3 is 103 Å². The van der Waals surface area contributed by atoms with Crippen LogP contribution in [0.1, 0.15) is 43.2 Å². The standard InChI is InChI=1S/C14H15.Ti/c1-10-11-6-2-4-8-13(11)14-9-5-3-7-12(10)14;/h2,4,6-8,10H,3,5,9H2,1H3;. The van der Waals surface area contributed by atoms with Crippen molar-refractivity contribution in [2.75, 3.05) is 0 Å². The van der Waals surface area contributed by atoms with Crippen molar-refractivity contribution in [1.29, 1.82) is 0 Å². The molecule has 0 N–H and O–H groups in total. The molecule has 0 fully saturated rings. The van der Waals surface area contributed by atoms with Crippen molar-refractivity contribution in [2.24, 2.45) is 0 Å². The van der Waals surface area contributed by atoms with Crippen LogP contribution in [0, 0.1) is 0 Å². The van der Waals surface area contributed by atoms with Crippen LogP contribution in [0.2, 0.25) is 4.22 Å². The molecule has 0 saturated carbocycles. The molecule has 2 atom stereocenters. The van der Waals surface area contributed by atoms with Gasteiger partial charge in [0, 0.05) is 0 Å². The Morgan fingerprint density at radius 1 is 1.27 bits per heavy atom. The molecule has 1 aromatic rings. The second-order valence-electron chi connectivity index (χ2n) is 4.69. The summed E-state index contributed by atoms with van der Waals surface area (Å²) >= 11 is 2.40. The summed E-state index contributed by atoms with van der Waals surface area (Å²) in [5, 5.41) is 0. The molecule has 0 spiro atoms. The Morgan fingerprint density at radius 3 is 2.93 bits per heavy atom. The van der Waals surface area contributed by atoms with Gasteiger partial charge in [-0.3, -0.25) is 0 Å². The van der Waals surface area contributed by atoms with Gasteiger partial charge in [-0.25, -0.2) is 0 Å². The van der Waals surface area contributed by atoms with E-state index in [-0.39, 0.29) is 0 Å². The van der Waals surface area contributed by atoms with Crippen LogP contribution in [0.4, 0.5) is 0 Å². The first-order chi connectivity index (χ1) is 7.29. The number of fused-ring (bicyclic) bond motifs is 2. The van der Waals surface area contributed by atoms with E-state index in [4.69, 9.17) is 0 Å². The Labute approximate surface area is 103 Å². The van der Waals surface area contributed by atoms with Crippen LogP contribution in [0.15, 0.2) is 29.8 Å². The maximum atomic E-state index is 2.40. The third-order valence-electron chi connectivity index (χ3n) is 3.86. The van der Waals surface area contributed by atoms with E-state index in [1.807, 2.05) is 0 Å². The zero-order chi connectivity index (χ0) is 10.4. The summed E-state index contributed by atoms with van der Waals surface area (Å²) in [4.78, 5) is 0. The van der Waals surface area contributed by atoms with Crippen molar-refractivity contribution in [3.8, 4) is 0 Å². The summed E-state index contributed by atoms with van der Waals surface area (Å²) in [6.07, 6.45) is 4.07. The van der Waals surface area contributed by atoms with E-state index in [1.165, 1.54) is 19.3 Å². The molecule has 0 aliphatic heterocycles. The molecule has 0 heterocycles. The van der Waals surface area contributed by atoms with Crippen molar-refractivity contribution in [1.82, 2.24) is 0 Å². The quantitative estimate of drug-likeness (QED) is 0.590. The van der Waals surface area contributed by atoms with Crippen LogP contribution in [0.3, 0.4) is 0 Å². The van der Waals surface area contributed by atoms with Crippen LogP contribution < -0.4 is 0 Å². The van der Waals surface area contributed by atoms with Gasteiger partial charge in [-0.15, -0.1) is 0 Å². The molecule has 0 aromatic heterocycles. The molecule has 2 aliphatic rings. The third-order valence-corrected chi connectivity index (χ3v) is 4.80. The van der Waals surface area contributed by atoms with Gasteiger partial charge in [-0.2, -0.15) is 0 Å². The normalized spacial score (nSPS) is 28.8. The van der Waals surface area contributed by atoms with Gasteiger partial charge in [0.05, 0.1) is 0 Å². The van der Waals surface area contributed by atoms with Crippen molar-refractivity contribution >= 4 is 5.57 Å². The van der Waals surface area contributed by atoms with Crippen molar-refractivity contribution in [2.45, 2.75) is 36.3 Å². The van der Waals surface area contributed by atoms with Crippen molar-refractivity contribution in [3.05, 3.63) is 41.0 Å². The Bertz CT molecular complexity index is 431. The Kier molecular flexibility index (Phi) is 2.37. The summed E-state index contributed by atoms with van der Waals surface area (Å²) in [6, 6.07) is 8.98. The average Bonchev–Trinajstić information content (AvgIpc) is 2.55. The summed E-state index contributed by atoms with van der Waals surface area (Å²) < 4.78 is 0.802. The summed E-state index contributed by atoms with van der Waals surface area (Å²) in [6.45, 7) is 2.38. The first kappa shape index (κ1) is 9.87. The zero-order valence-corrected chi connectivity index (χ0v) is 10.6. The number of benzene rings is 1. The number of allylic oxidation sites excluding steroid dienone is 2. The topological polar surface area (TPSA) is 0 Å². The molecule has 0 bridgehead atoms. The summed E-state index contributed by atoms with van der Waals surface area (Å²) in [5.41, 5.74) is 6.53. The molecular weight excluding hydrogens is 216 g/mol. The zero-order valence-electron chi connectivity index (χ0n) is 9.09. The molecule has 3 rings (SSSR count). The SMILES string of the molecule is CC1C2=C(CCC[CH]2[Ti])c2ccccc21. The Balaban J connectivity index is 2.18. The van der Waals surface area contributed by atoms with Crippen molar-refractivity contribution < 1.29 is 20.4 Å². The van der Waals surface area contributed by atoms with Gasteiger partial charge in [0.1, 0.15) is 0 Å². The van der Waals surface area contributed by atoms with Gasteiger partial charge in [-0.1, -0.05) is 0 Å². The average molecular weight is 231 g/mol. The second-order valence-corrected chi connectivity index (χ2v) is 5.78. The first-order valence-corrected chi connectivity index (χ1v) is 6.72. The van der Waals surface area contributed by atoms with E-state index in [9.17, 15) is 0 Å². The number of rotatable bonds is 0. The fourth-order valence-corrected chi connectivity index (χ4v) is 4.14. The van der Waals surface area contributed by atoms with Gasteiger partial charge in [0.2, 0.25) is 0 Å². The number of hydrogen-bond donors (Lipinski definition) is 0. The molecule has 1 aromatic carbocycles. The summed E-state index contributed by atoms with van der Waals surface area (Å²) in [7, 11) is 0. The molecular formula is C14H15Ti. The van der Waals surface area contributed by atoms with Gasteiger partial charge < -0.3 is 0 Å². The van der Waals surface area contributed by atoms with Gasteiger partial charge in [-0.05, 0) is 0 Å². The number of hydrogen-bond acceptors (Lipinski definition) is 0. The van der Waals surface area contributed by atoms with Crippen LogP contribution in [0.25, 0.3) is 5.57 Å². The minimum absolute atomic E-state index is 0.673. The van der Waals surface area contributed by atoms with Gasteiger partial charge in [0.25, 0.3) is 0 Å². The fourth-order valence-electron chi connectivity index (χ4n) is 3.16. The van der Waals surface area contributed by atoms with Crippen molar-refractivity contribution in [3.63, 3.8) is 0 Å². The first-order valence-electron chi connectivity index (χ1n) is 5.82. The molecule has 0 saturated heterocycles. The molecule has 15 heavy (non-hydrogen) atoms. The van der Waals surface area contributed by atoms with Crippen LogP contribution in [-0.4, -0.2) is 0 Å². The molecule has 2 unspecified atom stereocenters. The molecule has 0 nitrogen and oxygen atoms in total. The molecule has 75 valence electrons. The maximum absolute atomic E-state index is 2.40. The van der Waals surface area contributed by atoms with Crippen LogP contribution in [-0.2, 0) is 20.4 Å². The molecule has 0 radical (unpaired) electrons. The fraction of sp³-hybridized carbons (Fsp3) is 0.429. The Hall–Kier alpha value is -0.326. The minimum atomic E-state index is 0.673. The van der Waals surface area contributed by atoms with E-state index in [2.05, 4.69) is 51.6 Å². The van der Waals surface area contributed by atoms with E-state index >= 15 is 0 Å². The molecule has 2 aliphatic carbocycles. The Morgan fingerprint density at radius 2 is 2.07 bits per heavy atom. The van der Waals surface area contributed by atoms with E-state index in [0.29, 0.717) is 5.92 Å². The van der Waals surface area contributed by atoms with Crippen LogP contribution in [0.5, 0.6) is 0 Å². The predicted octanol–water partition coefficient (Wildman–Crippen LogP) is 4.08. The predicted molar refractivity (Wildman–Crippen MR) is 59.4 cm³/mol. The summed E-state index contributed by atoms with van der Waals surface area (Å²) in [5.74, 6) is 0.673. The monoisotopic (exact) mass is 231 g/mol. The third kappa shape index (κ3) is 1.39. The van der Waals surface area contributed by atoms with E-state index in [1.54, 1.807) is 22.3 Å². The second kappa shape index (κ2) is 3.61. The molecule has 1 heteroatoms. The van der Waals surface area contributed by atoms with Gasteiger partial charge in [0.15, 0.2) is 0 Å². The van der Waals surface area contributed by atoms with E-state index < -0.39 is 0 Å². The molecule has 0 amide bonds. The van der Waals surface area contributed by atoms with Crippen LogP contribution >= 0.6 is 0 Å².